The van der Waals surface area contributed by atoms with Crippen molar-refractivity contribution in [2.75, 3.05) is 5.73 Å². The van der Waals surface area contributed by atoms with Crippen LogP contribution in [0, 0.1) is 11.3 Å². The molecule has 2 N–H and O–H groups in total. The van der Waals surface area contributed by atoms with Crippen LogP contribution in [0.4, 0.5) is 5.82 Å². The van der Waals surface area contributed by atoms with E-state index in [2.05, 4.69) is 24.5 Å². The lowest BCUT2D eigenvalue weighted by Crippen LogP contribution is -2.07. The first-order chi connectivity index (χ1) is 10.2. The smallest absolute Gasteiger partial charge is 0.131 e. The number of rotatable bonds is 6. The summed E-state index contributed by atoms with van der Waals surface area (Å²) in [7, 11) is 0. The Balaban J connectivity index is 2.52. The third kappa shape index (κ3) is 3.08. The van der Waals surface area contributed by atoms with E-state index in [0.29, 0.717) is 11.4 Å². The minimum Gasteiger partial charge on any atom is -0.383 e. The van der Waals surface area contributed by atoms with Crippen LogP contribution >= 0.6 is 0 Å². The minimum atomic E-state index is 0.618. The lowest BCUT2D eigenvalue weighted by Gasteiger charge is -2.08. The van der Waals surface area contributed by atoms with Crippen molar-refractivity contribution in [3.8, 4) is 17.3 Å². The van der Waals surface area contributed by atoms with Crippen molar-refractivity contribution in [2.24, 2.45) is 0 Å². The number of anilines is 1. The summed E-state index contributed by atoms with van der Waals surface area (Å²) in [4.78, 5) is 4.72. The van der Waals surface area contributed by atoms with Crippen molar-refractivity contribution in [3.05, 3.63) is 35.7 Å². The van der Waals surface area contributed by atoms with Crippen LogP contribution < -0.4 is 5.73 Å². The summed E-state index contributed by atoms with van der Waals surface area (Å²) in [5, 5.41) is 9.27. The molecule has 4 nitrogen and oxygen atoms in total. The molecule has 1 aromatic heterocycles. The van der Waals surface area contributed by atoms with E-state index in [1.807, 2.05) is 18.2 Å². The highest BCUT2D eigenvalue weighted by molar-refractivity contribution is 5.76. The lowest BCUT2D eigenvalue weighted by atomic mass is 10.1. The van der Waals surface area contributed by atoms with Gasteiger partial charge in [0.25, 0.3) is 0 Å². The monoisotopic (exact) mass is 282 g/mol. The predicted octanol–water partition coefficient (Wildman–Crippen LogP) is 3.76. The molecular weight excluding hydrogens is 260 g/mol. The van der Waals surface area contributed by atoms with Crippen molar-refractivity contribution in [2.45, 2.75) is 46.1 Å². The Morgan fingerprint density at radius 2 is 2.00 bits per heavy atom. The Kier molecular flexibility index (Phi) is 4.99. The standard InChI is InChI=1S/C17H22N4/c1-3-5-11-21-15(8-4-2)20-16(17(21)19)14-10-7-6-9-13(14)12-18/h6-7,9-10H,3-5,8,11,19H2,1-2H3. The largest absolute Gasteiger partial charge is 0.383 e. The van der Waals surface area contributed by atoms with E-state index in [4.69, 9.17) is 10.7 Å². The summed E-state index contributed by atoms with van der Waals surface area (Å²) < 4.78 is 2.11. The van der Waals surface area contributed by atoms with Gasteiger partial charge in [-0.05, 0) is 18.9 Å². The topological polar surface area (TPSA) is 67.6 Å². The molecule has 0 radical (unpaired) electrons. The van der Waals surface area contributed by atoms with Gasteiger partial charge in [-0.2, -0.15) is 5.26 Å². The predicted molar refractivity (Wildman–Crippen MR) is 85.7 cm³/mol. The van der Waals surface area contributed by atoms with Crippen LogP contribution in [0.3, 0.4) is 0 Å². The molecule has 110 valence electrons. The average molecular weight is 282 g/mol. The van der Waals surface area contributed by atoms with Crippen molar-refractivity contribution in [1.29, 1.82) is 5.26 Å². The molecule has 0 saturated carbocycles. The minimum absolute atomic E-state index is 0.618. The molecule has 0 atom stereocenters. The van der Waals surface area contributed by atoms with Crippen LogP contribution in [-0.4, -0.2) is 9.55 Å². The number of nitrogens with two attached hydrogens (primary N) is 1. The zero-order chi connectivity index (χ0) is 15.2. The van der Waals surface area contributed by atoms with Gasteiger partial charge in [0, 0.05) is 18.5 Å². The second-order valence-electron chi connectivity index (χ2n) is 5.17. The van der Waals surface area contributed by atoms with Gasteiger partial charge < -0.3 is 10.3 Å². The number of imidazole rings is 1. The van der Waals surface area contributed by atoms with E-state index < -0.39 is 0 Å². The molecule has 0 aliphatic heterocycles. The van der Waals surface area contributed by atoms with Crippen LogP contribution in [-0.2, 0) is 13.0 Å². The van der Waals surface area contributed by atoms with Gasteiger partial charge in [-0.3, -0.25) is 0 Å². The number of nitrogen functional groups attached to an aromatic ring is 1. The Bertz CT molecular complexity index is 649. The Morgan fingerprint density at radius 1 is 1.24 bits per heavy atom. The molecule has 0 bridgehead atoms. The zero-order valence-corrected chi connectivity index (χ0v) is 12.8. The molecule has 0 aliphatic rings. The number of aryl methyl sites for hydroxylation is 1. The van der Waals surface area contributed by atoms with E-state index in [1.54, 1.807) is 6.07 Å². The normalized spacial score (nSPS) is 10.5. The van der Waals surface area contributed by atoms with Crippen LogP contribution in [0.25, 0.3) is 11.3 Å². The van der Waals surface area contributed by atoms with E-state index in [0.717, 1.165) is 49.3 Å². The number of aromatic nitrogens is 2. The maximum Gasteiger partial charge on any atom is 0.131 e. The first kappa shape index (κ1) is 15.1. The molecule has 4 heteroatoms. The van der Waals surface area contributed by atoms with Gasteiger partial charge in [-0.15, -0.1) is 0 Å². The van der Waals surface area contributed by atoms with Crippen molar-refractivity contribution >= 4 is 5.82 Å². The summed E-state index contributed by atoms with van der Waals surface area (Å²) in [6.07, 6.45) is 4.13. The van der Waals surface area contributed by atoms with Crippen LogP contribution in [0.1, 0.15) is 44.5 Å². The van der Waals surface area contributed by atoms with E-state index in [9.17, 15) is 5.26 Å². The second kappa shape index (κ2) is 6.94. The number of nitrogens with zero attached hydrogens (tertiary/aromatic N) is 3. The maximum atomic E-state index is 9.27. The van der Waals surface area contributed by atoms with E-state index in [-0.39, 0.29) is 0 Å². The quantitative estimate of drug-likeness (QED) is 0.877. The molecule has 2 rings (SSSR count). The molecular formula is C17H22N4. The zero-order valence-electron chi connectivity index (χ0n) is 12.8. The molecule has 0 fully saturated rings. The van der Waals surface area contributed by atoms with Crippen molar-refractivity contribution in [1.82, 2.24) is 9.55 Å². The first-order valence-electron chi connectivity index (χ1n) is 7.57. The molecule has 1 aromatic carbocycles. The summed E-state index contributed by atoms with van der Waals surface area (Å²) >= 11 is 0. The summed E-state index contributed by atoms with van der Waals surface area (Å²) in [5.74, 6) is 1.70. The van der Waals surface area contributed by atoms with E-state index >= 15 is 0 Å². The molecule has 2 aromatic rings. The maximum absolute atomic E-state index is 9.27. The average Bonchev–Trinajstić information content (AvgIpc) is 2.81. The molecule has 0 amide bonds. The van der Waals surface area contributed by atoms with Crippen molar-refractivity contribution in [3.63, 3.8) is 0 Å². The molecule has 0 saturated heterocycles. The highest BCUT2D eigenvalue weighted by atomic mass is 15.1. The number of unbranched alkanes of at least 4 members (excludes halogenated alkanes) is 1. The third-order valence-electron chi connectivity index (χ3n) is 3.60. The number of benzene rings is 1. The fraction of sp³-hybridized carbons (Fsp3) is 0.412. The van der Waals surface area contributed by atoms with Crippen LogP contribution in [0.15, 0.2) is 24.3 Å². The van der Waals surface area contributed by atoms with Crippen molar-refractivity contribution < 1.29 is 0 Å². The Hall–Kier alpha value is -2.28. The van der Waals surface area contributed by atoms with Gasteiger partial charge >= 0.3 is 0 Å². The first-order valence-corrected chi connectivity index (χ1v) is 7.57. The summed E-state index contributed by atoms with van der Waals surface area (Å²) in [6, 6.07) is 9.72. The Morgan fingerprint density at radius 3 is 2.67 bits per heavy atom. The lowest BCUT2D eigenvalue weighted by molar-refractivity contribution is 0.604. The third-order valence-corrected chi connectivity index (χ3v) is 3.60. The number of nitriles is 1. The molecule has 0 unspecified atom stereocenters. The second-order valence-corrected chi connectivity index (χ2v) is 5.17. The summed E-state index contributed by atoms with van der Waals surface area (Å²) in [5.41, 5.74) is 8.51. The highest BCUT2D eigenvalue weighted by Crippen LogP contribution is 2.29. The summed E-state index contributed by atoms with van der Waals surface area (Å²) in [6.45, 7) is 5.19. The van der Waals surface area contributed by atoms with Gasteiger partial charge in [0.05, 0.1) is 11.6 Å². The van der Waals surface area contributed by atoms with Gasteiger partial charge in [0.2, 0.25) is 0 Å². The number of hydrogen-bond acceptors (Lipinski definition) is 3. The molecule has 0 aliphatic carbocycles. The Labute approximate surface area is 126 Å². The highest BCUT2D eigenvalue weighted by Gasteiger charge is 2.17. The van der Waals surface area contributed by atoms with E-state index in [1.165, 1.54) is 0 Å². The molecule has 21 heavy (non-hydrogen) atoms. The fourth-order valence-electron chi connectivity index (χ4n) is 2.48. The van der Waals surface area contributed by atoms with Crippen LogP contribution in [0.5, 0.6) is 0 Å². The molecule has 1 heterocycles. The van der Waals surface area contributed by atoms with Gasteiger partial charge in [-0.1, -0.05) is 38.5 Å². The van der Waals surface area contributed by atoms with Gasteiger partial charge in [0.15, 0.2) is 0 Å². The van der Waals surface area contributed by atoms with Gasteiger partial charge in [-0.25, -0.2) is 4.98 Å². The number of hydrogen-bond donors (Lipinski definition) is 1. The van der Waals surface area contributed by atoms with Crippen LogP contribution in [0.2, 0.25) is 0 Å². The SMILES string of the molecule is CCCCn1c(CCC)nc(-c2ccccc2C#N)c1N. The van der Waals surface area contributed by atoms with Gasteiger partial charge in [0.1, 0.15) is 17.3 Å². The molecule has 0 spiro atoms. The fourth-order valence-corrected chi connectivity index (χ4v) is 2.48.